The lowest BCUT2D eigenvalue weighted by Crippen LogP contribution is -2.30. The molecule has 0 spiro atoms. The van der Waals surface area contributed by atoms with Gasteiger partial charge in [-0.1, -0.05) is 0 Å². The minimum absolute atomic E-state index is 0.0139. The van der Waals surface area contributed by atoms with Crippen LogP contribution in [0, 0.1) is 11.6 Å². The second-order valence-corrected chi connectivity index (χ2v) is 5.94. The Hall–Kier alpha value is -3.16. The summed E-state index contributed by atoms with van der Waals surface area (Å²) >= 11 is 0. The van der Waals surface area contributed by atoms with Crippen LogP contribution in [0.2, 0.25) is 0 Å². The number of benzene rings is 2. The van der Waals surface area contributed by atoms with Crippen LogP contribution in [0.4, 0.5) is 14.5 Å². The van der Waals surface area contributed by atoms with Crippen molar-refractivity contribution in [2.75, 3.05) is 26.5 Å². The topological polar surface area (TPSA) is 67.9 Å². The molecule has 2 aromatic rings. The van der Waals surface area contributed by atoms with Crippen molar-refractivity contribution in [3.63, 3.8) is 0 Å². The lowest BCUT2D eigenvalue weighted by atomic mass is 10.1. The molecule has 2 amide bonds. The third kappa shape index (κ3) is 4.93. The van der Waals surface area contributed by atoms with Crippen LogP contribution in [0.25, 0.3) is 0 Å². The lowest BCUT2D eigenvalue weighted by Gasteiger charge is -2.17. The molecule has 0 aliphatic carbocycles. The summed E-state index contributed by atoms with van der Waals surface area (Å²) in [7, 11) is 4.66. The maximum Gasteiger partial charge on any atom is 0.265 e. The van der Waals surface area contributed by atoms with Gasteiger partial charge in [-0.3, -0.25) is 9.59 Å². The van der Waals surface area contributed by atoms with E-state index in [9.17, 15) is 18.4 Å². The molecular weight excluding hydrogens is 358 g/mol. The van der Waals surface area contributed by atoms with E-state index in [0.717, 1.165) is 12.1 Å². The summed E-state index contributed by atoms with van der Waals surface area (Å²) in [6.45, 7) is 1.46. The van der Waals surface area contributed by atoms with Crippen LogP contribution in [0.15, 0.2) is 36.4 Å². The molecule has 0 saturated heterocycles. The largest absolute Gasteiger partial charge is 0.495 e. The fourth-order valence-electron chi connectivity index (χ4n) is 2.24. The van der Waals surface area contributed by atoms with Crippen molar-refractivity contribution >= 4 is 17.5 Å². The van der Waals surface area contributed by atoms with E-state index >= 15 is 0 Å². The number of hydrogen-bond donors (Lipinski definition) is 1. The summed E-state index contributed by atoms with van der Waals surface area (Å²) in [6, 6.07) is 7.62. The van der Waals surface area contributed by atoms with Gasteiger partial charge in [0.1, 0.15) is 11.5 Å². The molecule has 1 atom stereocenters. The van der Waals surface area contributed by atoms with Gasteiger partial charge in [0.05, 0.1) is 12.8 Å². The zero-order valence-corrected chi connectivity index (χ0v) is 15.4. The number of carbonyl (C=O) groups excluding carboxylic acids is 2. The van der Waals surface area contributed by atoms with E-state index in [0.29, 0.717) is 11.3 Å². The normalized spacial score (nSPS) is 11.5. The lowest BCUT2D eigenvalue weighted by molar-refractivity contribution is -0.122. The number of nitrogens with one attached hydrogen (secondary N) is 1. The van der Waals surface area contributed by atoms with Crippen molar-refractivity contribution in [1.82, 2.24) is 4.90 Å². The summed E-state index contributed by atoms with van der Waals surface area (Å²) < 4.78 is 36.8. The molecule has 1 unspecified atom stereocenters. The molecule has 0 heterocycles. The van der Waals surface area contributed by atoms with E-state index in [1.54, 1.807) is 26.2 Å². The van der Waals surface area contributed by atoms with E-state index in [2.05, 4.69) is 5.32 Å². The second kappa shape index (κ2) is 8.48. The van der Waals surface area contributed by atoms with Crippen molar-refractivity contribution in [3.8, 4) is 11.5 Å². The Balaban J connectivity index is 2.16. The fraction of sp³-hybridized carbons (Fsp3) is 0.263. The minimum Gasteiger partial charge on any atom is -0.495 e. The average Bonchev–Trinajstić information content (AvgIpc) is 2.63. The summed E-state index contributed by atoms with van der Waals surface area (Å²) in [4.78, 5) is 25.9. The predicted octanol–water partition coefficient (Wildman–Crippen LogP) is 3.08. The van der Waals surface area contributed by atoms with Crippen LogP contribution in [0.5, 0.6) is 11.5 Å². The van der Waals surface area contributed by atoms with E-state index < -0.39 is 23.6 Å². The molecule has 27 heavy (non-hydrogen) atoms. The van der Waals surface area contributed by atoms with Crippen molar-refractivity contribution < 1.29 is 27.8 Å². The summed E-state index contributed by atoms with van der Waals surface area (Å²) in [6.07, 6.45) is -1.01. The van der Waals surface area contributed by atoms with Gasteiger partial charge in [-0.25, -0.2) is 8.78 Å². The number of anilines is 1. The van der Waals surface area contributed by atoms with E-state index in [1.165, 1.54) is 31.1 Å². The van der Waals surface area contributed by atoms with Crippen molar-refractivity contribution in [1.29, 1.82) is 0 Å². The molecule has 0 radical (unpaired) electrons. The number of rotatable bonds is 6. The Morgan fingerprint density at radius 1 is 1.07 bits per heavy atom. The summed E-state index contributed by atoms with van der Waals surface area (Å²) in [5.74, 6) is -2.49. The van der Waals surface area contributed by atoms with Gasteiger partial charge in [0.25, 0.3) is 11.8 Å². The molecule has 2 rings (SSSR count). The number of amides is 2. The zero-order chi connectivity index (χ0) is 20.1. The van der Waals surface area contributed by atoms with Gasteiger partial charge in [-0.05, 0) is 37.3 Å². The van der Waals surface area contributed by atoms with Crippen LogP contribution in [-0.4, -0.2) is 44.0 Å². The Morgan fingerprint density at radius 3 is 2.37 bits per heavy atom. The molecule has 0 saturated carbocycles. The highest BCUT2D eigenvalue weighted by molar-refractivity contribution is 5.99. The minimum atomic E-state index is -1.07. The first-order valence-corrected chi connectivity index (χ1v) is 8.05. The van der Waals surface area contributed by atoms with Gasteiger partial charge in [-0.15, -0.1) is 0 Å². The Kier molecular flexibility index (Phi) is 6.33. The van der Waals surface area contributed by atoms with Crippen molar-refractivity contribution in [2.24, 2.45) is 0 Å². The standard InChI is InChI=1S/C19H20F2N2O4/c1-11(27-13-6-7-14(20)15(21)10-13)18(24)22-16-9-12(19(25)23(2)3)5-8-17(16)26-4/h5-11H,1-4H3,(H,22,24). The number of ether oxygens (including phenoxy) is 2. The molecule has 0 fully saturated rings. The smallest absolute Gasteiger partial charge is 0.265 e. The molecule has 0 bridgehead atoms. The third-order valence-corrected chi connectivity index (χ3v) is 3.68. The highest BCUT2D eigenvalue weighted by Gasteiger charge is 2.19. The van der Waals surface area contributed by atoms with Gasteiger partial charge >= 0.3 is 0 Å². The molecule has 2 aromatic carbocycles. The van der Waals surface area contributed by atoms with Gasteiger partial charge in [0, 0.05) is 25.7 Å². The summed E-state index contributed by atoms with van der Waals surface area (Å²) in [5.41, 5.74) is 0.654. The Bertz CT molecular complexity index is 856. The highest BCUT2D eigenvalue weighted by atomic mass is 19.2. The first-order valence-electron chi connectivity index (χ1n) is 8.05. The Labute approximate surface area is 155 Å². The van der Waals surface area contributed by atoms with Crippen LogP contribution in [0.3, 0.4) is 0 Å². The molecule has 6 nitrogen and oxygen atoms in total. The summed E-state index contributed by atoms with van der Waals surface area (Å²) in [5, 5.41) is 2.61. The molecule has 0 aliphatic heterocycles. The zero-order valence-electron chi connectivity index (χ0n) is 15.4. The monoisotopic (exact) mass is 378 g/mol. The van der Waals surface area contributed by atoms with Crippen LogP contribution < -0.4 is 14.8 Å². The van der Waals surface area contributed by atoms with Crippen molar-refractivity contribution in [2.45, 2.75) is 13.0 Å². The highest BCUT2D eigenvalue weighted by Crippen LogP contribution is 2.26. The first-order chi connectivity index (χ1) is 12.7. The first kappa shape index (κ1) is 20.2. The SMILES string of the molecule is COc1ccc(C(=O)N(C)C)cc1NC(=O)C(C)Oc1ccc(F)c(F)c1. The van der Waals surface area contributed by atoms with E-state index in [4.69, 9.17) is 9.47 Å². The fourth-order valence-corrected chi connectivity index (χ4v) is 2.24. The number of methoxy groups -OCH3 is 1. The molecule has 144 valence electrons. The second-order valence-electron chi connectivity index (χ2n) is 5.94. The molecule has 0 aliphatic rings. The van der Waals surface area contributed by atoms with Crippen LogP contribution in [-0.2, 0) is 4.79 Å². The van der Waals surface area contributed by atoms with E-state index in [-0.39, 0.29) is 17.3 Å². The predicted molar refractivity (Wildman–Crippen MR) is 96.1 cm³/mol. The average molecular weight is 378 g/mol. The van der Waals surface area contributed by atoms with Crippen LogP contribution in [0.1, 0.15) is 17.3 Å². The maximum absolute atomic E-state index is 13.3. The third-order valence-electron chi connectivity index (χ3n) is 3.68. The molecular formula is C19H20F2N2O4. The van der Waals surface area contributed by atoms with E-state index in [1.807, 2.05) is 0 Å². The molecule has 1 N–H and O–H groups in total. The molecule has 8 heteroatoms. The van der Waals surface area contributed by atoms with Gasteiger partial charge < -0.3 is 19.7 Å². The van der Waals surface area contributed by atoms with Crippen LogP contribution >= 0.6 is 0 Å². The molecule has 0 aromatic heterocycles. The Morgan fingerprint density at radius 2 is 1.78 bits per heavy atom. The van der Waals surface area contributed by atoms with Gasteiger partial charge in [0.15, 0.2) is 17.7 Å². The van der Waals surface area contributed by atoms with Crippen molar-refractivity contribution in [3.05, 3.63) is 53.6 Å². The maximum atomic E-state index is 13.3. The number of hydrogen-bond acceptors (Lipinski definition) is 4. The number of carbonyl (C=O) groups is 2. The van der Waals surface area contributed by atoms with Gasteiger partial charge in [-0.2, -0.15) is 0 Å². The quantitative estimate of drug-likeness (QED) is 0.839. The van der Waals surface area contributed by atoms with Gasteiger partial charge in [0.2, 0.25) is 0 Å². The number of halogens is 2. The number of nitrogens with zero attached hydrogens (tertiary/aromatic N) is 1.